The normalized spacial score (nSPS) is 11.4. The summed E-state index contributed by atoms with van der Waals surface area (Å²) in [4.78, 5) is 16.2. The van der Waals surface area contributed by atoms with Crippen molar-refractivity contribution in [1.29, 1.82) is 0 Å². The third-order valence-electron chi connectivity index (χ3n) is 4.36. The van der Waals surface area contributed by atoms with Gasteiger partial charge in [-0.05, 0) is 36.3 Å². The Kier molecular flexibility index (Phi) is 6.01. The highest BCUT2D eigenvalue weighted by Gasteiger charge is 2.09. The van der Waals surface area contributed by atoms with Gasteiger partial charge in [0, 0.05) is 26.2 Å². The van der Waals surface area contributed by atoms with Gasteiger partial charge >= 0.3 is 0 Å². The number of hydroxylamine groups is 2. The van der Waals surface area contributed by atoms with Gasteiger partial charge < -0.3 is 9.88 Å². The molecule has 1 heterocycles. The topological polar surface area (TPSA) is 70.4 Å². The molecule has 140 valence electrons. The van der Waals surface area contributed by atoms with Gasteiger partial charge in [-0.3, -0.25) is 10.0 Å². The first-order valence-corrected chi connectivity index (χ1v) is 8.97. The molecule has 0 saturated heterocycles. The van der Waals surface area contributed by atoms with Gasteiger partial charge in [-0.2, -0.15) is 0 Å². The van der Waals surface area contributed by atoms with Crippen molar-refractivity contribution in [3.05, 3.63) is 71.6 Å². The van der Waals surface area contributed by atoms with Crippen LogP contribution in [0.3, 0.4) is 0 Å². The van der Waals surface area contributed by atoms with Gasteiger partial charge in [0.15, 0.2) is 0 Å². The number of likely N-dealkylation sites (N-methyl/N-ethyl adjacent to an activating group) is 1. The Balaban J connectivity index is 1.76. The van der Waals surface area contributed by atoms with Crippen molar-refractivity contribution in [2.75, 3.05) is 7.05 Å². The molecule has 3 aromatic rings. The number of hydrogen-bond donors (Lipinski definition) is 2. The molecule has 0 aliphatic heterocycles. The van der Waals surface area contributed by atoms with Crippen molar-refractivity contribution in [3.8, 4) is 0 Å². The first-order chi connectivity index (χ1) is 13.1. The van der Waals surface area contributed by atoms with Crippen LogP contribution in [-0.4, -0.2) is 32.8 Å². The Bertz CT molecular complexity index is 945. The van der Waals surface area contributed by atoms with E-state index < -0.39 is 5.91 Å². The number of aryl methyl sites for hydroxylation is 1. The summed E-state index contributed by atoms with van der Waals surface area (Å²) in [6, 6.07) is 16.2. The van der Waals surface area contributed by atoms with E-state index in [1.165, 1.54) is 18.7 Å². The van der Waals surface area contributed by atoms with Crippen LogP contribution >= 0.6 is 0 Å². The average Bonchev–Trinajstić information content (AvgIpc) is 3.03. The molecule has 0 aliphatic carbocycles. The standard InChI is InChI=1S/C21H24N4O2/c1-3-25-19-11-9-16(10-12-21(26)24(2)27)13-18(19)23-20(25)15-22-14-17-7-5-4-6-8-17/h4-13,22,27H,3,14-15H2,1-2H3/b12-10+. The van der Waals surface area contributed by atoms with Crippen LogP contribution < -0.4 is 5.32 Å². The number of fused-ring (bicyclic) bond motifs is 1. The molecule has 0 unspecified atom stereocenters. The monoisotopic (exact) mass is 364 g/mol. The summed E-state index contributed by atoms with van der Waals surface area (Å²) >= 11 is 0. The van der Waals surface area contributed by atoms with Crippen LogP contribution in [0.15, 0.2) is 54.6 Å². The fourth-order valence-electron chi connectivity index (χ4n) is 2.98. The van der Waals surface area contributed by atoms with E-state index in [1.54, 1.807) is 6.08 Å². The number of benzene rings is 2. The van der Waals surface area contributed by atoms with Crippen molar-refractivity contribution in [3.63, 3.8) is 0 Å². The van der Waals surface area contributed by atoms with Crippen molar-refractivity contribution in [2.45, 2.75) is 26.6 Å². The third kappa shape index (κ3) is 4.61. The molecule has 0 radical (unpaired) electrons. The minimum Gasteiger partial charge on any atom is -0.327 e. The van der Waals surface area contributed by atoms with Gasteiger partial charge in [0.25, 0.3) is 5.91 Å². The van der Waals surface area contributed by atoms with Crippen LogP contribution in [0.2, 0.25) is 0 Å². The largest absolute Gasteiger partial charge is 0.327 e. The van der Waals surface area contributed by atoms with Crippen molar-refractivity contribution in [1.82, 2.24) is 19.9 Å². The van der Waals surface area contributed by atoms with Crippen LogP contribution in [-0.2, 0) is 24.4 Å². The van der Waals surface area contributed by atoms with Crippen molar-refractivity contribution >= 4 is 23.0 Å². The van der Waals surface area contributed by atoms with Gasteiger partial charge in [-0.1, -0.05) is 36.4 Å². The molecule has 0 atom stereocenters. The maximum atomic E-state index is 11.5. The smallest absolute Gasteiger partial charge is 0.269 e. The van der Waals surface area contributed by atoms with E-state index in [0.717, 1.165) is 35.5 Å². The summed E-state index contributed by atoms with van der Waals surface area (Å²) < 4.78 is 2.19. The van der Waals surface area contributed by atoms with Crippen LogP contribution in [0.25, 0.3) is 17.1 Å². The fraction of sp³-hybridized carbons (Fsp3) is 0.238. The van der Waals surface area contributed by atoms with E-state index in [2.05, 4.69) is 28.9 Å². The lowest BCUT2D eigenvalue weighted by Crippen LogP contribution is -2.19. The fourth-order valence-corrected chi connectivity index (χ4v) is 2.98. The molecule has 1 aromatic heterocycles. The highest BCUT2D eigenvalue weighted by molar-refractivity contribution is 5.91. The lowest BCUT2D eigenvalue weighted by molar-refractivity contribution is -0.153. The molecule has 0 spiro atoms. The van der Waals surface area contributed by atoms with Gasteiger partial charge in [0.05, 0.1) is 17.6 Å². The number of carbonyl (C=O) groups is 1. The first-order valence-electron chi connectivity index (χ1n) is 8.97. The maximum Gasteiger partial charge on any atom is 0.269 e. The maximum absolute atomic E-state index is 11.5. The molecule has 6 heteroatoms. The van der Waals surface area contributed by atoms with Crippen LogP contribution in [0.5, 0.6) is 0 Å². The molecule has 2 aromatic carbocycles. The molecule has 0 bridgehead atoms. The zero-order chi connectivity index (χ0) is 19.2. The number of carbonyl (C=O) groups excluding carboxylic acids is 1. The average molecular weight is 364 g/mol. The SMILES string of the molecule is CCn1c(CNCc2ccccc2)nc2cc(/C=C/C(=O)N(C)O)ccc21. The molecular formula is C21H24N4O2. The summed E-state index contributed by atoms with van der Waals surface area (Å²) in [6.07, 6.45) is 3.01. The molecule has 2 N–H and O–H groups in total. The molecule has 0 aliphatic rings. The second-order valence-electron chi connectivity index (χ2n) is 6.30. The van der Waals surface area contributed by atoms with Crippen LogP contribution in [0.1, 0.15) is 23.9 Å². The van der Waals surface area contributed by atoms with E-state index in [9.17, 15) is 4.79 Å². The lowest BCUT2D eigenvalue weighted by atomic mass is 10.2. The summed E-state index contributed by atoms with van der Waals surface area (Å²) in [6.45, 7) is 4.40. The quantitative estimate of drug-likeness (QED) is 0.384. The molecule has 6 nitrogen and oxygen atoms in total. The molecule has 0 fully saturated rings. The summed E-state index contributed by atoms with van der Waals surface area (Å²) in [7, 11) is 1.30. The minimum absolute atomic E-state index is 0.472. The summed E-state index contributed by atoms with van der Waals surface area (Å²) in [5.41, 5.74) is 4.06. The number of hydrogen-bond acceptors (Lipinski definition) is 4. The first kappa shape index (κ1) is 18.8. The number of imidazole rings is 1. The Hall–Kier alpha value is -2.96. The second-order valence-corrected chi connectivity index (χ2v) is 6.30. The zero-order valence-corrected chi connectivity index (χ0v) is 15.6. The van der Waals surface area contributed by atoms with Gasteiger partial charge in [-0.15, -0.1) is 0 Å². The highest BCUT2D eigenvalue weighted by atomic mass is 16.5. The number of amides is 1. The Morgan fingerprint density at radius 2 is 2.00 bits per heavy atom. The molecule has 0 saturated carbocycles. The summed E-state index contributed by atoms with van der Waals surface area (Å²) in [5, 5.41) is 13.1. The van der Waals surface area contributed by atoms with E-state index in [-0.39, 0.29) is 0 Å². The molecule has 1 amide bonds. The Morgan fingerprint density at radius 1 is 1.22 bits per heavy atom. The van der Waals surface area contributed by atoms with E-state index in [0.29, 0.717) is 11.6 Å². The van der Waals surface area contributed by atoms with E-state index in [1.807, 2.05) is 36.4 Å². The number of nitrogens with zero attached hydrogens (tertiary/aromatic N) is 3. The number of aromatic nitrogens is 2. The van der Waals surface area contributed by atoms with E-state index >= 15 is 0 Å². The molecular weight excluding hydrogens is 340 g/mol. The lowest BCUT2D eigenvalue weighted by Gasteiger charge is -2.07. The third-order valence-corrected chi connectivity index (χ3v) is 4.36. The Morgan fingerprint density at radius 3 is 2.70 bits per heavy atom. The number of rotatable bonds is 7. The van der Waals surface area contributed by atoms with Crippen molar-refractivity contribution in [2.24, 2.45) is 0 Å². The van der Waals surface area contributed by atoms with Crippen LogP contribution in [0, 0.1) is 0 Å². The second kappa shape index (κ2) is 8.62. The minimum atomic E-state index is -0.472. The highest BCUT2D eigenvalue weighted by Crippen LogP contribution is 2.19. The molecule has 27 heavy (non-hydrogen) atoms. The van der Waals surface area contributed by atoms with Gasteiger partial charge in [0.1, 0.15) is 5.82 Å². The van der Waals surface area contributed by atoms with Gasteiger partial charge in [-0.25, -0.2) is 10.0 Å². The molecule has 3 rings (SSSR count). The summed E-state index contributed by atoms with van der Waals surface area (Å²) in [5.74, 6) is 0.510. The zero-order valence-electron chi connectivity index (χ0n) is 15.6. The van der Waals surface area contributed by atoms with Crippen LogP contribution in [0.4, 0.5) is 0 Å². The predicted molar refractivity (Wildman–Crippen MR) is 106 cm³/mol. The van der Waals surface area contributed by atoms with E-state index in [4.69, 9.17) is 10.2 Å². The predicted octanol–water partition coefficient (Wildman–Crippen LogP) is 3.21. The van der Waals surface area contributed by atoms with Crippen molar-refractivity contribution < 1.29 is 10.0 Å². The number of nitrogens with one attached hydrogen (secondary N) is 1. The van der Waals surface area contributed by atoms with Gasteiger partial charge in [0.2, 0.25) is 0 Å². The Labute approximate surface area is 158 Å².